The van der Waals surface area contributed by atoms with Crippen molar-refractivity contribution in [3.63, 3.8) is 0 Å². The smallest absolute Gasteiger partial charge is 0.411 e. The first-order valence-electron chi connectivity index (χ1n) is 17.6. The van der Waals surface area contributed by atoms with Crippen molar-refractivity contribution >= 4 is 35.0 Å². The van der Waals surface area contributed by atoms with Crippen molar-refractivity contribution in [1.82, 2.24) is 19.8 Å². The number of rotatable bonds is 22. The first kappa shape index (κ1) is 39.0. The predicted molar refractivity (Wildman–Crippen MR) is 190 cm³/mol. The molecule has 0 saturated heterocycles. The Balaban J connectivity index is 1.34. The van der Waals surface area contributed by atoms with Crippen LogP contribution < -0.4 is 14.8 Å². The molecule has 0 aliphatic heterocycles. The highest BCUT2D eigenvalue weighted by Crippen LogP contribution is 2.41. The number of carbonyl (C=O) groups excluding carboxylic acids is 2. The van der Waals surface area contributed by atoms with Gasteiger partial charge in [0.2, 0.25) is 0 Å². The number of ether oxygens (including phenoxy) is 4. The number of carbonyl (C=O) groups is 2. The molecule has 2 aromatic heterocycles. The summed E-state index contributed by atoms with van der Waals surface area (Å²) < 4.78 is 23.2. The van der Waals surface area contributed by atoms with Gasteiger partial charge in [-0.25, -0.2) is 9.78 Å². The van der Waals surface area contributed by atoms with E-state index in [1.807, 2.05) is 20.8 Å². The number of halogens is 1. The SMILES string of the molecule is CCCCCCCCCCCCCCCCOC(=O)CCOC(=O)Nc1cc(OC)c(-c2nc3c(Cl)c(C(C)(C)C)[nH]n3n2)c(OC)c1. The predicted octanol–water partition coefficient (Wildman–Crippen LogP) is 9.66. The fraction of sp³-hybridized carbons (Fsp3) is 0.667. The number of nitrogens with zero attached hydrogens (tertiary/aromatic N) is 3. The number of unbranched alkanes of at least 4 members (excludes halogenated alkanes) is 13. The molecule has 0 unspecified atom stereocenters. The zero-order valence-electron chi connectivity index (χ0n) is 29.8. The molecule has 11 nitrogen and oxygen atoms in total. The van der Waals surface area contributed by atoms with Crippen LogP contribution in [0, 0.1) is 0 Å². The summed E-state index contributed by atoms with van der Waals surface area (Å²) in [6.07, 6.45) is 17.1. The number of fused-ring (bicyclic) bond motifs is 1. The lowest BCUT2D eigenvalue weighted by molar-refractivity contribution is -0.144. The van der Waals surface area contributed by atoms with Crippen LogP contribution in [0.4, 0.5) is 10.5 Å². The third kappa shape index (κ3) is 12.2. The Bertz CT molecular complexity index is 1410. The highest BCUT2D eigenvalue weighted by Gasteiger charge is 2.26. The van der Waals surface area contributed by atoms with Gasteiger partial charge in [0.25, 0.3) is 0 Å². The van der Waals surface area contributed by atoms with Crippen LogP contribution in [0.15, 0.2) is 12.1 Å². The van der Waals surface area contributed by atoms with Gasteiger partial charge in [0.05, 0.1) is 38.6 Å². The van der Waals surface area contributed by atoms with E-state index in [2.05, 4.69) is 27.4 Å². The molecule has 2 N–H and O–H groups in total. The van der Waals surface area contributed by atoms with Crippen molar-refractivity contribution in [1.29, 1.82) is 0 Å². The van der Waals surface area contributed by atoms with Gasteiger partial charge in [0, 0.05) is 17.5 Å². The number of nitrogens with one attached hydrogen (secondary N) is 2. The van der Waals surface area contributed by atoms with Gasteiger partial charge in [-0.15, -0.1) is 5.10 Å². The maximum absolute atomic E-state index is 12.5. The van der Waals surface area contributed by atoms with Gasteiger partial charge in [0.1, 0.15) is 28.7 Å². The Kier molecular flexibility index (Phi) is 16.4. The second-order valence-corrected chi connectivity index (χ2v) is 13.7. The van der Waals surface area contributed by atoms with E-state index in [0.29, 0.717) is 45.9 Å². The molecule has 0 aliphatic rings. The molecule has 1 aromatic carbocycles. The average molecular weight is 690 g/mol. The van der Waals surface area contributed by atoms with Crippen molar-refractivity contribution in [2.45, 2.75) is 129 Å². The quantitative estimate of drug-likeness (QED) is 0.0788. The Labute approximate surface area is 290 Å². The lowest BCUT2D eigenvalue weighted by atomic mass is 9.92. The average Bonchev–Trinajstić information content (AvgIpc) is 3.61. The third-order valence-corrected chi connectivity index (χ3v) is 8.62. The Morgan fingerprint density at radius 1 is 0.833 bits per heavy atom. The van der Waals surface area contributed by atoms with Crippen LogP contribution in [0.2, 0.25) is 5.02 Å². The van der Waals surface area contributed by atoms with Crippen LogP contribution >= 0.6 is 11.6 Å². The zero-order valence-corrected chi connectivity index (χ0v) is 30.6. The van der Waals surface area contributed by atoms with E-state index < -0.39 is 6.09 Å². The molecule has 12 heteroatoms. The van der Waals surface area contributed by atoms with Crippen molar-refractivity contribution in [2.75, 3.05) is 32.8 Å². The molecule has 48 heavy (non-hydrogen) atoms. The number of methoxy groups -OCH3 is 2. The number of hydrogen-bond acceptors (Lipinski definition) is 8. The van der Waals surface area contributed by atoms with Crippen molar-refractivity contribution in [2.24, 2.45) is 0 Å². The minimum Gasteiger partial charge on any atom is -0.496 e. The molecule has 0 radical (unpaired) electrons. The number of amides is 1. The van der Waals surface area contributed by atoms with Gasteiger partial charge in [-0.05, 0) is 6.42 Å². The van der Waals surface area contributed by atoms with Gasteiger partial charge < -0.3 is 18.9 Å². The van der Waals surface area contributed by atoms with E-state index in [1.54, 1.807) is 12.1 Å². The molecule has 0 saturated carbocycles. The van der Waals surface area contributed by atoms with Crippen LogP contribution in [-0.4, -0.2) is 59.3 Å². The highest BCUT2D eigenvalue weighted by atomic mass is 35.5. The minimum atomic E-state index is -0.721. The van der Waals surface area contributed by atoms with E-state index in [1.165, 1.54) is 89.5 Å². The van der Waals surface area contributed by atoms with Crippen LogP contribution in [0.5, 0.6) is 11.5 Å². The molecule has 0 spiro atoms. The number of hydrogen-bond donors (Lipinski definition) is 2. The number of aromatic nitrogens is 4. The van der Waals surface area contributed by atoms with Gasteiger partial charge in [-0.2, -0.15) is 4.63 Å². The fourth-order valence-electron chi connectivity index (χ4n) is 5.54. The van der Waals surface area contributed by atoms with E-state index >= 15 is 0 Å². The molecule has 3 rings (SSSR count). The first-order chi connectivity index (χ1) is 23.1. The highest BCUT2D eigenvalue weighted by molar-refractivity contribution is 6.34. The minimum absolute atomic E-state index is 0.0176. The molecule has 0 fully saturated rings. The topological polar surface area (TPSA) is 129 Å². The van der Waals surface area contributed by atoms with Gasteiger partial charge in [-0.1, -0.05) is 123 Å². The zero-order chi connectivity index (χ0) is 34.9. The van der Waals surface area contributed by atoms with Gasteiger partial charge >= 0.3 is 12.1 Å². The van der Waals surface area contributed by atoms with Crippen molar-refractivity contribution in [3.8, 4) is 22.9 Å². The summed E-state index contributed by atoms with van der Waals surface area (Å²) >= 11 is 6.61. The second kappa shape index (κ2) is 20.1. The maximum Gasteiger partial charge on any atom is 0.411 e. The fourth-order valence-corrected chi connectivity index (χ4v) is 5.99. The maximum atomic E-state index is 12.5. The summed E-state index contributed by atoms with van der Waals surface area (Å²) in [5.41, 5.74) is 1.94. The lowest BCUT2D eigenvalue weighted by Crippen LogP contribution is -2.17. The summed E-state index contributed by atoms with van der Waals surface area (Å²) in [7, 11) is 2.99. The van der Waals surface area contributed by atoms with Crippen LogP contribution in [-0.2, 0) is 19.7 Å². The standard InChI is InChI=1S/C36H56ClN5O6/c1-7-8-9-10-11-12-13-14-15-16-17-18-19-20-22-47-29(43)21-23-48-35(44)38-26-24-27(45-5)30(28(25-26)46-6)33-39-34-31(37)32(36(2,3)4)40-42(34)41-33/h24-25,40H,7-23H2,1-6H3,(H,38,44). The van der Waals surface area contributed by atoms with E-state index in [-0.39, 0.29) is 24.4 Å². The normalized spacial score (nSPS) is 11.6. The van der Waals surface area contributed by atoms with Crippen LogP contribution in [0.3, 0.4) is 0 Å². The lowest BCUT2D eigenvalue weighted by Gasteiger charge is -2.16. The number of benzene rings is 1. The number of H-pyrrole nitrogens is 1. The summed E-state index contributed by atoms with van der Waals surface area (Å²) in [6.45, 7) is 8.68. The molecule has 0 aliphatic carbocycles. The molecular weight excluding hydrogens is 634 g/mol. The Hall–Kier alpha value is -3.47. The molecule has 0 bridgehead atoms. The first-order valence-corrected chi connectivity index (χ1v) is 18.0. The molecule has 268 valence electrons. The van der Waals surface area contributed by atoms with Gasteiger partial charge in [0.15, 0.2) is 11.5 Å². The monoisotopic (exact) mass is 689 g/mol. The van der Waals surface area contributed by atoms with Crippen molar-refractivity contribution < 1.29 is 28.5 Å². The number of esters is 1. The van der Waals surface area contributed by atoms with E-state index in [9.17, 15) is 9.59 Å². The summed E-state index contributed by atoms with van der Waals surface area (Å²) in [4.78, 5) is 29.2. The molecule has 3 aromatic rings. The molecule has 0 atom stereocenters. The van der Waals surface area contributed by atoms with E-state index in [0.717, 1.165) is 25.0 Å². The van der Waals surface area contributed by atoms with Crippen LogP contribution in [0.25, 0.3) is 17.0 Å². The summed E-state index contributed by atoms with van der Waals surface area (Å²) in [5.74, 6) is 0.692. The number of aromatic amines is 1. The largest absolute Gasteiger partial charge is 0.496 e. The Morgan fingerprint density at radius 3 is 1.88 bits per heavy atom. The van der Waals surface area contributed by atoms with Gasteiger partial charge in [-0.3, -0.25) is 15.2 Å². The molecule has 1 amide bonds. The molecular formula is C36H56ClN5O6. The summed E-state index contributed by atoms with van der Waals surface area (Å²) in [6, 6.07) is 3.23. The summed E-state index contributed by atoms with van der Waals surface area (Å²) in [5, 5.41) is 10.9. The van der Waals surface area contributed by atoms with E-state index in [4.69, 9.17) is 30.5 Å². The van der Waals surface area contributed by atoms with Crippen molar-refractivity contribution in [3.05, 3.63) is 22.8 Å². The van der Waals surface area contributed by atoms with Crippen LogP contribution in [0.1, 0.15) is 130 Å². The Morgan fingerprint density at radius 2 is 1.38 bits per heavy atom. The number of anilines is 1. The third-order valence-electron chi connectivity index (χ3n) is 8.27. The molecule has 2 heterocycles. The second-order valence-electron chi connectivity index (χ2n) is 13.3.